The molecular weight excluding hydrogens is 216 g/mol. The molecule has 1 fully saturated rings. The van der Waals surface area contributed by atoms with Crippen LogP contribution >= 0.6 is 0 Å². The van der Waals surface area contributed by atoms with Crippen LogP contribution in [0.4, 0.5) is 0 Å². The van der Waals surface area contributed by atoms with Gasteiger partial charge in [0.1, 0.15) is 11.5 Å². The van der Waals surface area contributed by atoms with Gasteiger partial charge in [-0.05, 0) is 29.3 Å². The summed E-state index contributed by atoms with van der Waals surface area (Å²) >= 11 is 0. The lowest BCUT2D eigenvalue weighted by atomic mass is 10.1. The molecule has 2 rings (SSSR count). The molecule has 0 saturated carbocycles. The summed E-state index contributed by atoms with van der Waals surface area (Å²) in [7, 11) is 0.365. The molecule has 0 atom stereocenters. The van der Waals surface area contributed by atoms with Gasteiger partial charge in [-0.15, -0.1) is 0 Å². The summed E-state index contributed by atoms with van der Waals surface area (Å²) in [6.45, 7) is 3.71. The smallest absolute Gasteiger partial charge is 0.211 e. The Labute approximate surface area is 99.9 Å². The van der Waals surface area contributed by atoms with Gasteiger partial charge in [0.15, 0.2) is 5.75 Å². The van der Waals surface area contributed by atoms with Gasteiger partial charge >= 0.3 is 0 Å². The molecule has 1 aliphatic rings. The maximum Gasteiger partial charge on any atom is 0.211 e. The molecule has 1 aliphatic heterocycles. The number of hydrogen-bond donors (Lipinski definition) is 0. The van der Waals surface area contributed by atoms with Crippen LogP contribution in [0, 0.1) is 0 Å². The van der Waals surface area contributed by atoms with Crippen LogP contribution in [0.2, 0.25) is 0 Å². The Morgan fingerprint density at radius 2 is 1.88 bits per heavy atom. The van der Waals surface area contributed by atoms with Crippen molar-refractivity contribution < 1.29 is 4.79 Å². The highest BCUT2D eigenvalue weighted by molar-refractivity contribution is 7.97. The highest BCUT2D eigenvalue weighted by Crippen LogP contribution is 2.15. The fraction of sp³-hybridized carbons (Fsp3) is 0.357. The Bertz CT molecular complexity index is 374. The first kappa shape index (κ1) is 11.5. The third-order valence-electron chi connectivity index (χ3n) is 2.92. The van der Waals surface area contributed by atoms with Crippen LogP contribution in [0.5, 0.6) is 0 Å². The zero-order chi connectivity index (χ0) is 11.4. The van der Waals surface area contributed by atoms with Gasteiger partial charge in [-0.3, -0.25) is 4.79 Å². The third-order valence-corrected chi connectivity index (χ3v) is 5.32. The second-order valence-corrected chi connectivity index (χ2v) is 6.45. The van der Waals surface area contributed by atoms with E-state index in [1.54, 1.807) is 6.08 Å². The standard InChI is InChI=1S/C14H17OS/c1-2-12-5-7-13(8-6-12)14(15)11-16-9-3-4-10-16/h2,5-8H,1,3-4,9-11H2/q+1. The lowest BCUT2D eigenvalue weighted by molar-refractivity contribution is 0.102. The van der Waals surface area contributed by atoms with Crippen LogP contribution in [-0.4, -0.2) is 23.0 Å². The largest absolute Gasteiger partial charge is 0.289 e. The molecule has 0 unspecified atom stereocenters. The van der Waals surface area contributed by atoms with Crippen molar-refractivity contribution in [2.24, 2.45) is 0 Å². The number of carbonyl (C=O) groups excluding carboxylic acids is 1. The zero-order valence-corrected chi connectivity index (χ0v) is 10.3. The number of rotatable bonds is 4. The molecule has 0 radical (unpaired) electrons. The average Bonchev–Trinajstić information content (AvgIpc) is 2.82. The zero-order valence-electron chi connectivity index (χ0n) is 9.45. The minimum Gasteiger partial charge on any atom is -0.289 e. The van der Waals surface area contributed by atoms with E-state index in [1.165, 1.54) is 24.3 Å². The Hall–Kier alpha value is -1.02. The lowest BCUT2D eigenvalue weighted by Crippen LogP contribution is -2.17. The maximum atomic E-state index is 12.0. The van der Waals surface area contributed by atoms with Gasteiger partial charge in [0.25, 0.3) is 0 Å². The van der Waals surface area contributed by atoms with E-state index < -0.39 is 0 Å². The predicted molar refractivity (Wildman–Crippen MR) is 72.1 cm³/mol. The predicted octanol–water partition coefficient (Wildman–Crippen LogP) is 2.92. The third kappa shape index (κ3) is 2.76. The molecule has 1 aromatic carbocycles. The molecule has 2 heteroatoms. The fourth-order valence-electron chi connectivity index (χ4n) is 1.93. The van der Waals surface area contributed by atoms with Crippen molar-refractivity contribution in [3.8, 4) is 0 Å². The van der Waals surface area contributed by atoms with E-state index in [4.69, 9.17) is 0 Å². The van der Waals surface area contributed by atoms with Crippen LogP contribution in [-0.2, 0) is 10.9 Å². The summed E-state index contributed by atoms with van der Waals surface area (Å²) in [6, 6.07) is 7.74. The summed E-state index contributed by atoms with van der Waals surface area (Å²) < 4.78 is 0. The topological polar surface area (TPSA) is 17.1 Å². The maximum absolute atomic E-state index is 12.0. The van der Waals surface area contributed by atoms with E-state index in [9.17, 15) is 4.79 Å². The molecule has 84 valence electrons. The number of Topliss-reactive ketones (excluding diaryl/α,β-unsaturated/α-hetero) is 1. The van der Waals surface area contributed by atoms with Gasteiger partial charge in [-0.25, -0.2) is 0 Å². The van der Waals surface area contributed by atoms with Crippen molar-refractivity contribution in [3.05, 3.63) is 42.0 Å². The van der Waals surface area contributed by atoms with Gasteiger partial charge < -0.3 is 0 Å². The minimum atomic E-state index is 0.306. The normalized spacial score (nSPS) is 16.2. The summed E-state index contributed by atoms with van der Waals surface area (Å²) in [5, 5.41) is 0. The lowest BCUT2D eigenvalue weighted by Gasteiger charge is -2.01. The van der Waals surface area contributed by atoms with Crippen molar-refractivity contribution in [1.82, 2.24) is 0 Å². The minimum absolute atomic E-state index is 0.306. The Morgan fingerprint density at radius 1 is 1.25 bits per heavy atom. The van der Waals surface area contributed by atoms with E-state index in [-0.39, 0.29) is 0 Å². The highest BCUT2D eigenvalue weighted by Gasteiger charge is 2.27. The molecule has 1 aromatic rings. The Balaban J connectivity index is 1.99. The first-order chi connectivity index (χ1) is 7.79. The van der Waals surface area contributed by atoms with Crippen LogP contribution in [0.3, 0.4) is 0 Å². The molecule has 0 bridgehead atoms. The first-order valence-electron chi connectivity index (χ1n) is 5.69. The van der Waals surface area contributed by atoms with Gasteiger partial charge in [-0.1, -0.05) is 36.9 Å². The molecule has 0 aromatic heterocycles. The van der Waals surface area contributed by atoms with Crippen molar-refractivity contribution in [1.29, 1.82) is 0 Å². The second-order valence-electron chi connectivity index (χ2n) is 4.12. The van der Waals surface area contributed by atoms with Crippen LogP contribution in [0.15, 0.2) is 30.8 Å². The monoisotopic (exact) mass is 233 g/mol. The molecule has 0 spiro atoms. The average molecular weight is 233 g/mol. The van der Waals surface area contributed by atoms with Crippen molar-refractivity contribution in [2.75, 3.05) is 17.3 Å². The summed E-state index contributed by atoms with van der Waals surface area (Å²) in [6.07, 6.45) is 4.42. The summed E-state index contributed by atoms with van der Waals surface area (Å²) in [4.78, 5) is 12.0. The van der Waals surface area contributed by atoms with E-state index in [0.717, 1.165) is 16.9 Å². The van der Waals surface area contributed by atoms with Crippen molar-refractivity contribution in [2.45, 2.75) is 12.8 Å². The molecule has 1 nitrogen and oxygen atoms in total. The molecular formula is C14H17OS+. The highest BCUT2D eigenvalue weighted by atomic mass is 32.2. The van der Waals surface area contributed by atoms with Gasteiger partial charge in [0, 0.05) is 5.56 Å². The molecule has 16 heavy (non-hydrogen) atoms. The van der Waals surface area contributed by atoms with E-state index >= 15 is 0 Å². The number of benzene rings is 1. The molecule has 0 aliphatic carbocycles. The van der Waals surface area contributed by atoms with Gasteiger partial charge in [0.2, 0.25) is 5.78 Å². The van der Waals surface area contributed by atoms with Crippen LogP contribution in [0.1, 0.15) is 28.8 Å². The molecule has 1 saturated heterocycles. The van der Waals surface area contributed by atoms with Crippen LogP contribution < -0.4 is 0 Å². The first-order valence-corrected chi connectivity index (χ1v) is 7.42. The Kier molecular flexibility index (Phi) is 3.83. The molecule has 0 N–H and O–H groups in total. The molecule has 1 heterocycles. The second kappa shape index (κ2) is 5.35. The number of carbonyl (C=O) groups is 1. The summed E-state index contributed by atoms with van der Waals surface area (Å²) in [5.41, 5.74) is 1.92. The molecule has 0 amide bonds. The van der Waals surface area contributed by atoms with Gasteiger partial charge in [0.05, 0.1) is 0 Å². The van der Waals surface area contributed by atoms with E-state index in [2.05, 4.69) is 6.58 Å². The fourth-order valence-corrected chi connectivity index (χ4v) is 4.19. The van der Waals surface area contributed by atoms with E-state index in [0.29, 0.717) is 16.7 Å². The van der Waals surface area contributed by atoms with Gasteiger partial charge in [-0.2, -0.15) is 0 Å². The quantitative estimate of drug-likeness (QED) is 0.577. The summed E-state index contributed by atoms with van der Waals surface area (Å²) in [5.74, 6) is 3.58. The van der Waals surface area contributed by atoms with Crippen molar-refractivity contribution >= 4 is 22.8 Å². The van der Waals surface area contributed by atoms with Crippen LogP contribution in [0.25, 0.3) is 6.08 Å². The number of ketones is 1. The number of hydrogen-bond acceptors (Lipinski definition) is 1. The van der Waals surface area contributed by atoms with Crippen molar-refractivity contribution in [3.63, 3.8) is 0 Å². The Morgan fingerprint density at radius 3 is 2.44 bits per heavy atom. The van der Waals surface area contributed by atoms with E-state index in [1.807, 2.05) is 24.3 Å². The SMILES string of the molecule is C=Cc1ccc(C(=O)C[S+]2CCCC2)cc1.